The summed E-state index contributed by atoms with van der Waals surface area (Å²) >= 11 is 12.5. The number of halogens is 2. The highest BCUT2D eigenvalue weighted by Crippen LogP contribution is 2.32. The molecule has 4 aromatic rings. The van der Waals surface area contributed by atoms with Gasteiger partial charge in [-0.2, -0.15) is 5.10 Å². The molecular formula is C30H34Cl2N2O2. The summed E-state index contributed by atoms with van der Waals surface area (Å²) in [6, 6.07) is 24.3. The molecule has 0 N–H and O–H groups in total. The zero-order valence-corrected chi connectivity index (χ0v) is 23.3. The molecule has 0 saturated carbocycles. The largest absolute Gasteiger partial charge is 0.497 e. The van der Waals surface area contributed by atoms with Gasteiger partial charge >= 0.3 is 0 Å². The van der Waals surface area contributed by atoms with Crippen LogP contribution in [-0.2, 0) is 11.2 Å². The van der Waals surface area contributed by atoms with Gasteiger partial charge in [0.1, 0.15) is 12.0 Å². The van der Waals surface area contributed by atoms with Crippen LogP contribution in [0.4, 0.5) is 0 Å². The third-order valence-corrected chi connectivity index (χ3v) is 6.16. The highest BCUT2D eigenvalue weighted by Gasteiger charge is 2.16. The minimum atomic E-state index is 0.348. The predicted octanol–water partition coefficient (Wildman–Crippen LogP) is 8.74. The Bertz CT molecular complexity index is 1250. The average molecular weight is 526 g/mol. The molecule has 0 aliphatic rings. The maximum atomic E-state index is 8.81. The quantitative estimate of drug-likeness (QED) is 0.237. The van der Waals surface area contributed by atoms with Gasteiger partial charge in [-0.15, -0.1) is 0 Å². The van der Waals surface area contributed by atoms with Crippen molar-refractivity contribution in [1.29, 1.82) is 0 Å². The number of hydrogen-bond donors (Lipinski definition) is 0. The molecule has 36 heavy (non-hydrogen) atoms. The van der Waals surface area contributed by atoms with Crippen LogP contribution in [0.1, 0.15) is 50.4 Å². The van der Waals surface area contributed by atoms with Crippen LogP contribution in [0.2, 0.25) is 10.0 Å². The van der Waals surface area contributed by atoms with Gasteiger partial charge in [-0.25, -0.2) is 4.68 Å². The van der Waals surface area contributed by atoms with E-state index in [1.165, 1.54) is 18.1 Å². The second-order valence-electron chi connectivity index (χ2n) is 8.01. The van der Waals surface area contributed by atoms with Gasteiger partial charge in [0.2, 0.25) is 0 Å². The SMILES string of the molecule is CC.CC=O.COc1ccc(-n2nc(CC(C)c3cccc(C)c3)cc2-c2ccc(Cl)c(Cl)c2)cc1. The Labute approximate surface area is 224 Å². The van der Waals surface area contributed by atoms with Crippen LogP contribution in [0, 0.1) is 6.92 Å². The Hall–Kier alpha value is -3.08. The molecular weight excluding hydrogens is 491 g/mol. The van der Waals surface area contributed by atoms with Crippen LogP contribution in [-0.4, -0.2) is 23.2 Å². The zero-order chi connectivity index (χ0) is 26.7. The van der Waals surface area contributed by atoms with E-state index in [1.54, 1.807) is 7.11 Å². The van der Waals surface area contributed by atoms with E-state index in [0.717, 1.165) is 41.1 Å². The van der Waals surface area contributed by atoms with Gasteiger partial charge in [-0.05, 0) is 74.2 Å². The number of benzene rings is 3. The molecule has 1 atom stereocenters. The summed E-state index contributed by atoms with van der Waals surface area (Å²) in [4.78, 5) is 8.81. The molecule has 1 aromatic heterocycles. The second-order valence-corrected chi connectivity index (χ2v) is 8.83. The van der Waals surface area contributed by atoms with Crippen molar-refractivity contribution in [3.63, 3.8) is 0 Å². The van der Waals surface area contributed by atoms with Gasteiger partial charge < -0.3 is 9.53 Å². The van der Waals surface area contributed by atoms with E-state index in [0.29, 0.717) is 16.0 Å². The monoisotopic (exact) mass is 524 g/mol. The van der Waals surface area contributed by atoms with Crippen LogP contribution in [0.5, 0.6) is 5.75 Å². The molecule has 3 aromatic carbocycles. The lowest BCUT2D eigenvalue weighted by atomic mass is 9.95. The Morgan fingerprint density at radius 3 is 2.22 bits per heavy atom. The summed E-state index contributed by atoms with van der Waals surface area (Å²) in [5, 5.41) is 6.01. The molecule has 4 rings (SSSR count). The van der Waals surface area contributed by atoms with E-state index in [4.69, 9.17) is 37.8 Å². The molecule has 0 radical (unpaired) electrons. The third kappa shape index (κ3) is 7.71. The third-order valence-electron chi connectivity index (χ3n) is 5.42. The number of ether oxygens (including phenoxy) is 1. The van der Waals surface area contributed by atoms with E-state index in [-0.39, 0.29) is 0 Å². The predicted molar refractivity (Wildman–Crippen MR) is 152 cm³/mol. The number of aromatic nitrogens is 2. The van der Waals surface area contributed by atoms with Gasteiger partial charge in [0.05, 0.1) is 34.2 Å². The van der Waals surface area contributed by atoms with Gasteiger partial charge in [-0.3, -0.25) is 0 Å². The van der Waals surface area contributed by atoms with E-state index >= 15 is 0 Å². The number of methoxy groups -OCH3 is 1. The molecule has 0 fully saturated rings. The van der Waals surface area contributed by atoms with E-state index < -0.39 is 0 Å². The van der Waals surface area contributed by atoms with Gasteiger partial charge in [0.25, 0.3) is 0 Å². The number of aryl methyl sites for hydroxylation is 1. The van der Waals surface area contributed by atoms with Crippen LogP contribution in [0.3, 0.4) is 0 Å². The lowest BCUT2D eigenvalue weighted by Gasteiger charge is -2.11. The van der Waals surface area contributed by atoms with Crippen molar-refractivity contribution in [1.82, 2.24) is 9.78 Å². The van der Waals surface area contributed by atoms with Crippen molar-refractivity contribution >= 4 is 29.5 Å². The molecule has 1 heterocycles. The van der Waals surface area contributed by atoms with Crippen molar-refractivity contribution < 1.29 is 9.53 Å². The van der Waals surface area contributed by atoms with Gasteiger partial charge in [0, 0.05) is 5.56 Å². The van der Waals surface area contributed by atoms with Gasteiger partial charge in [-0.1, -0.05) is 79.9 Å². The fraction of sp³-hybridized carbons (Fsp3) is 0.267. The number of rotatable bonds is 6. The zero-order valence-electron chi connectivity index (χ0n) is 21.8. The Morgan fingerprint density at radius 2 is 1.64 bits per heavy atom. The molecule has 0 amide bonds. The smallest absolute Gasteiger partial charge is 0.119 e. The average Bonchev–Trinajstić information content (AvgIpc) is 3.31. The number of carbonyl (C=O) groups is 1. The molecule has 190 valence electrons. The lowest BCUT2D eigenvalue weighted by molar-refractivity contribution is -0.106. The van der Waals surface area contributed by atoms with Crippen molar-refractivity contribution in [3.8, 4) is 22.7 Å². The molecule has 0 spiro atoms. The molecule has 0 bridgehead atoms. The first-order chi connectivity index (χ1) is 17.4. The maximum absolute atomic E-state index is 8.81. The fourth-order valence-electron chi connectivity index (χ4n) is 3.72. The van der Waals surface area contributed by atoms with Crippen LogP contribution in [0.15, 0.2) is 72.8 Å². The normalized spacial score (nSPS) is 10.9. The highest BCUT2D eigenvalue weighted by molar-refractivity contribution is 6.42. The summed E-state index contributed by atoms with van der Waals surface area (Å²) in [5.41, 5.74) is 6.49. The highest BCUT2D eigenvalue weighted by atomic mass is 35.5. The van der Waals surface area contributed by atoms with Gasteiger partial charge in [0.15, 0.2) is 0 Å². The number of hydrogen-bond acceptors (Lipinski definition) is 3. The van der Waals surface area contributed by atoms with Crippen molar-refractivity contribution in [2.45, 2.75) is 47.0 Å². The van der Waals surface area contributed by atoms with E-state index in [9.17, 15) is 0 Å². The summed E-state index contributed by atoms with van der Waals surface area (Å²) in [7, 11) is 1.66. The minimum Gasteiger partial charge on any atom is -0.497 e. The Morgan fingerprint density at radius 1 is 0.972 bits per heavy atom. The topological polar surface area (TPSA) is 44.1 Å². The fourth-order valence-corrected chi connectivity index (χ4v) is 4.02. The summed E-state index contributed by atoms with van der Waals surface area (Å²) in [6.45, 7) is 9.80. The number of aldehydes is 1. The molecule has 0 aliphatic heterocycles. The number of carbonyl (C=O) groups excluding carboxylic acids is 1. The maximum Gasteiger partial charge on any atom is 0.119 e. The number of nitrogens with zero attached hydrogens (tertiary/aromatic N) is 2. The molecule has 0 aliphatic carbocycles. The van der Waals surface area contributed by atoms with Crippen LogP contribution >= 0.6 is 23.2 Å². The summed E-state index contributed by atoms with van der Waals surface area (Å²) in [5.74, 6) is 1.15. The van der Waals surface area contributed by atoms with Crippen LogP contribution in [0.25, 0.3) is 16.9 Å². The van der Waals surface area contributed by atoms with Crippen molar-refractivity contribution in [3.05, 3.63) is 99.7 Å². The molecule has 1 unspecified atom stereocenters. The minimum absolute atomic E-state index is 0.348. The van der Waals surface area contributed by atoms with E-state index in [1.807, 2.05) is 61.0 Å². The first-order valence-electron chi connectivity index (χ1n) is 12.0. The Balaban J connectivity index is 0.000000850. The molecule has 4 nitrogen and oxygen atoms in total. The standard InChI is InChI=1S/C26H24Cl2N2O.C2H4O.C2H6/c1-17-5-4-6-19(13-17)18(2)14-21-16-26(20-7-12-24(27)25(28)15-20)30(29-21)22-8-10-23(31-3)11-9-22;1-2-3;1-2/h4-13,15-16,18H,14H2,1-3H3;2H,1H3;1-2H3. The Kier molecular flexibility index (Phi) is 11.7. The van der Waals surface area contributed by atoms with E-state index in [2.05, 4.69) is 44.2 Å². The summed E-state index contributed by atoms with van der Waals surface area (Å²) < 4.78 is 7.26. The van der Waals surface area contributed by atoms with Crippen LogP contribution < -0.4 is 4.74 Å². The summed E-state index contributed by atoms with van der Waals surface area (Å²) in [6.07, 6.45) is 1.58. The first kappa shape index (κ1) is 29.2. The van der Waals surface area contributed by atoms with Crippen molar-refractivity contribution in [2.75, 3.05) is 7.11 Å². The lowest BCUT2D eigenvalue weighted by Crippen LogP contribution is -2.02. The second kappa shape index (κ2) is 14.5. The van der Waals surface area contributed by atoms with Crippen molar-refractivity contribution in [2.24, 2.45) is 0 Å². The first-order valence-corrected chi connectivity index (χ1v) is 12.8. The molecule has 6 heteroatoms. The molecule has 0 saturated heterocycles.